The van der Waals surface area contributed by atoms with Crippen LogP contribution in [-0.4, -0.2) is 48.4 Å². The lowest BCUT2D eigenvalue weighted by molar-refractivity contribution is -0.201. The second-order valence-corrected chi connectivity index (χ2v) is 10.6. The number of carbonyl (C=O) groups excluding carboxylic acids is 2. The number of anilines is 3. The largest absolute Gasteiger partial charge is 0.493 e. The van der Waals surface area contributed by atoms with Gasteiger partial charge in [-0.05, 0) is 48.4 Å². The van der Waals surface area contributed by atoms with Crippen molar-refractivity contribution in [3.05, 3.63) is 58.4 Å². The first-order valence-electron chi connectivity index (χ1n) is 11.9. The third-order valence-electron chi connectivity index (χ3n) is 6.11. The van der Waals surface area contributed by atoms with Crippen LogP contribution in [0.25, 0.3) is 21.5 Å². The number of aromatic nitrogens is 2. The van der Waals surface area contributed by atoms with Gasteiger partial charge >= 0.3 is 12.1 Å². The Morgan fingerprint density at radius 1 is 1.15 bits per heavy atom. The molecule has 5 rings (SSSR count). The summed E-state index contributed by atoms with van der Waals surface area (Å²) in [5, 5.41) is 1.31. The van der Waals surface area contributed by atoms with Crippen molar-refractivity contribution in [2.24, 2.45) is 0 Å². The van der Waals surface area contributed by atoms with E-state index in [0.717, 1.165) is 40.8 Å². The minimum Gasteiger partial charge on any atom is -0.348 e. The molecule has 3 heterocycles. The third kappa shape index (κ3) is 5.01. The molecule has 0 N–H and O–H groups in total. The molecule has 0 saturated heterocycles. The van der Waals surface area contributed by atoms with Crippen LogP contribution in [0.5, 0.6) is 0 Å². The maximum atomic E-state index is 13.7. The molecule has 13 heteroatoms. The molecule has 0 bridgehead atoms. The standard InChI is InChI=1S/C26H23ClF3N5O3S/c1-4-11-33-19-10-9-17(12-18(19)31-25(33)32(2)3)34-14-35(38-24(37)26(28,29)30)20-13-21(39-22(20)23(34)36)15-5-7-16(27)8-6-15/h5-10,12-13H,4,11,14H2,1-3H3. The van der Waals surface area contributed by atoms with Crippen LogP contribution in [0.4, 0.5) is 30.5 Å². The normalized spacial score (nSPS) is 13.7. The Morgan fingerprint density at radius 3 is 2.51 bits per heavy atom. The highest BCUT2D eigenvalue weighted by atomic mass is 35.5. The van der Waals surface area contributed by atoms with Gasteiger partial charge in [0.25, 0.3) is 5.91 Å². The van der Waals surface area contributed by atoms with Crippen molar-refractivity contribution in [1.29, 1.82) is 0 Å². The van der Waals surface area contributed by atoms with Gasteiger partial charge in [0.1, 0.15) is 17.2 Å². The Labute approximate surface area is 230 Å². The van der Waals surface area contributed by atoms with E-state index in [1.165, 1.54) is 11.0 Å². The first kappa shape index (κ1) is 26.8. The van der Waals surface area contributed by atoms with Gasteiger partial charge in [-0.15, -0.1) is 11.3 Å². The predicted octanol–water partition coefficient (Wildman–Crippen LogP) is 6.34. The zero-order chi connectivity index (χ0) is 28.1. The number of hydrogen-bond acceptors (Lipinski definition) is 7. The van der Waals surface area contributed by atoms with Gasteiger partial charge in [-0.3, -0.25) is 9.69 Å². The van der Waals surface area contributed by atoms with Crippen LogP contribution in [0.15, 0.2) is 48.5 Å². The van der Waals surface area contributed by atoms with E-state index in [2.05, 4.69) is 11.5 Å². The summed E-state index contributed by atoms with van der Waals surface area (Å²) in [7, 11) is 3.76. The van der Waals surface area contributed by atoms with E-state index < -0.39 is 24.7 Å². The Balaban J connectivity index is 1.58. The smallest absolute Gasteiger partial charge is 0.348 e. The number of rotatable bonds is 6. The molecule has 1 aliphatic heterocycles. The summed E-state index contributed by atoms with van der Waals surface area (Å²) in [6, 6.07) is 13.6. The average molecular weight is 578 g/mol. The molecule has 0 spiro atoms. The molecule has 0 atom stereocenters. The van der Waals surface area contributed by atoms with Gasteiger partial charge in [0.2, 0.25) is 5.95 Å². The van der Waals surface area contributed by atoms with Gasteiger partial charge < -0.3 is 14.3 Å². The summed E-state index contributed by atoms with van der Waals surface area (Å²) in [4.78, 5) is 38.8. The van der Waals surface area contributed by atoms with Crippen molar-refractivity contribution in [3.63, 3.8) is 0 Å². The summed E-state index contributed by atoms with van der Waals surface area (Å²) in [6.45, 7) is 2.35. The predicted molar refractivity (Wildman–Crippen MR) is 145 cm³/mol. The molecule has 1 aliphatic rings. The second-order valence-electron chi connectivity index (χ2n) is 9.09. The van der Waals surface area contributed by atoms with E-state index in [0.29, 0.717) is 26.7 Å². The number of halogens is 4. The van der Waals surface area contributed by atoms with Crippen molar-refractivity contribution < 1.29 is 27.6 Å². The van der Waals surface area contributed by atoms with Crippen molar-refractivity contribution in [2.75, 3.05) is 35.6 Å². The van der Waals surface area contributed by atoms with Crippen LogP contribution in [0.2, 0.25) is 5.02 Å². The minimum atomic E-state index is -5.21. The van der Waals surface area contributed by atoms with Crippen molar-refractivity contribution >= 4 is 63.2 Å². The topological polar surface area (TPSA) is 70.9 Å². The number of thiophene rings is 1. The fourth-order valence-electron chi connectivity index (χ4n) is 4.36. The van der Waals surface area contributed by atoms with Gasteiger partial charge in [-0.1, -0.05) is 30.7 Å². The number of amides is 1. The number of benzene rings is 2. The van der Waals surface area contributed by atoms with Crippen LogP contribution in [0.1, 0.15) is 23.0 Å². The number of hydrogen-bond donors (Lipinski definition) is 0. The van der Waals surface area contributed by atoms with Gasteiger partial charge in [0, 0.05) is 36.2 Å². The highest BCUT2D eigenvalue weighted by Gasteiger charge is 2.45. The molecule has 8 nitrogen and oxygen atoms in total. The number of carbonyl (C=O) groups is 2. The van der Waals surface area contributed by atoms with Gasteiger partial charge in [0.05, 0.1) is 11.0 Å². The van der Waals surface area contributed by atoms with Crippen LogP contribution < -0.4 is 14.9 Å². The molecule has 0 aliphatic carbocycles. The summed E-state index contributed by atoms with van der Waals surface area (Å²) >= 11 is 7.07. The van der Waals surface area contributed by atoms with E-state index in [9.17, 15) is 22.8 Å². The van der Waals surface area contributed by atoms with Crippen molar-refractivity contribution in [1.82, 2.24) is 9.55 Å². The number of alkyl halides is 3. The molecular formula is C26H23ClF3N5O3S. The molecule has 4 aromatic rings. The van der Waals surface area contributed by atoms with Gasteiger partial charge in [0.15, 0.2) is 0 Å². The molecule has 2 aromatic heterocycles. The van der Waals surface area contributed by atoms with E-state index in [1.54, 1.807) is 36.4 Å². The lowest BCUT2D eigenvalue weighted by Gasteiger charge is -2.34. The number of nitrogens with zero attached hydrogens (tertiary/aromatic N) is 5. The lowest BCUT2D eigenvalue weighted by Crippen LogP contribution is -2.48. The van der Waals surface area contributed by atoms with Crippen LogP contribution in [0, 0.1) is 0 Å². The number of hydroxylamine groups is 1. The van der Waals surface area contributed by atoms with Crippen LogP contribution in [-0.2, 0) is 16.2 Å². The van der Waals surface area contributed by atoms with E-state index in [1.807, 2.05) is 25.1 Å². The zero-order valence-corrected chi connectivity index (χ0v) is 22.7. The van der Waals surface area contributed by atoms with Crippen LogP contribution >= 0.6 is 22.9 Å². The summed E-state index contributed by atoms with van der Waals surface area (Å²) < 4.78 is 41.4. The first-order chi connectivity index (χ1) is 18.5. The SMILES string of the molecule is CCCn1c(N(C)C)nc2cc(N3CN(OC(=O)C(F)(F)F)c4cc(-c5ccc(Cl)cc5)sc4C3=O)ccc21. The summed E-state index contributed by atoms with van der Waals surface area (Å²) in [5.74, 6) is -2.08. The lowest BCUT2D eigenvalue weighted by atomic mass is 10.1. The fourth-order valence-corrected chi connectivity index (χ4v) is 5.59. The van der Waals surface area contributed by atoms with Gasteiger partial charge in [-0.2, -0.15) is 18.2 Å². The fraction of sp³-hybridized carbons (Fsp3) is 0.269. The number of aryl methyl sites for hydroxylation is 1. The molecule has 0 saturated carbocycles. The molecule has 1 amide bonds. The first-order valence-corrected chi connectivity index (χ1v) is 13.1. The molecule has 0 fully saturated rings. The molecule has 0 radical (unpaired) electrons. The quantitative estimate of drug-likeness (QED) is 0.266. The van der Waals surface area contributed by atoms with Crippen molar-refractivity contribution in [3.8, 4) is 10.4 Å². The number of fused-ring (bicyclic) bond motifs is 2. The monoisotopic (exact) mass is 577 g/mol. The molecule has 0 unspecified atom stereocenters. The molecule has 204 valence electrons. The summed E-state index contributed by atoms with van der Waals surface area (Å²) in [6.07, 6.45) is -4.33. The highest BCUT2D eigenvalue weighted by Crippen LogP contribution is 2.42. The van der Waals surface area contributed by atoms with Crippen molar-refractivity contribution in [2.45, 2.75) is 26.1 Å². The second kappa shape index (κ2) is 10.1. The Bertz CT molecular complexity index is 1570. The van der Waals surface area contributed by atoms with E-state index in [4.69, 9.17) is 21.4 Å². The average Bonchev–Trinajstić information content (AvgIpc) is 3.48. The molecule has 39 heavy (non-hydrogen) atoms. The minimum absolute atomic E-state index is 0.0759. The summed E-state index contributed by atoms with van der Waals surface area (Å²) in [5.41, 5.74) is 2.66. The Morgan fingerprint density at radius 2 is 1.87 bits per heavy atom. The third-order valence-corrected chi connectivity index (χ3v) is 7.53. The maximum Gasteiger partial charge on any atom is 0.493 e. The zero-order valence-electron chi connectivity index (χ0n) is 21.1. The maximum absolute atomic E-state index is 13.7. The number of imidazole rings is 1. The van der Waals surface area contributed by atoms with E-state index in [-0.39, 0.29) is 10.6 Å². The Kier molecular flexibility index (Phi) is 6.93. The Hall–Kier alpha value is -3.77. The highest BCUT2D eigenvalue weighted by molar-refractivity contribution is 7.18. The molecular weight excluding hydrogens is 555 g/mol. The van der Waals surface area contributed by atoms with Crippen LogP contribution in [0.3, 0.4) is 0 Å². The van der Waals surface area contributed by atoms with Gasteiger partial charge in [-0.25, -0.2) is 9.78 Å². The van der Waals surface area contributed by atoms with E-state index >= 15 is 0 Å². The molecule has 2 aromatic carbocycles.